The molecular weight excluding hydrogens is 376 g/mol. The molecule has 0 unspecified atom stereocenters. The predicted molar refractivity (Wildman–Crippen MR) is 121 cm³/mol. The van der Waals surface area contributed by atoms with Crippen molar-refractivity contribution in [2.45, 2.75) is 13.5 Å². The highest BCUT2D eigenvalue weighted by Crippen LogP contribution is 2.38. The number of anilines is 1. The molecule has 0 aliphatic carbocycles. The van der Waals surface area contributed by atoms with Crippen LogP contribution in [0, 0.1) is 11.3 Å². The SMILES string of the molecule is CCn1c2ccccc2c2cc(-c3cc(C#N)c(N)nc3-c3cccs3)ccc21. The van der Waals surface area contributed by atoms with Gasteiger partial charge >= 0.3 is 0 Å². The Kier molecular flexibility index (Phi) is 4.08. The van der Waals surface area contributed by atoms with E-state index < -0.39 is 0 Å². The number of para-hydroxylation sites is 1. The number of nitrogens with zero attached hydrogens (tertiary/aromatic N) is 3. The number of nitrogen functional groups attached to an aromatic ring is 1. The Hall–Kier alpha value is -3.62. The molecule has 0 radical (unpaired) electrons. The van der Waals surface area contributed by atoms with Crippen LogP contribution in [-0.2, 0) is 6.54 Å². The van der Waals surface area contributed by atoms with E-state index in [1.807, 2.05) is 23.6 Å². The van der Waals surface area contributed by atoms with Crippen molar-refractivity contribution < 1.29 is 0 Å². The van der Waals surface area contributed by atoms with E-state index in [1.54, 1.807) is 11.3 Å². The molecule has 29 heavy (non-hydrogen) atoms. The molecule has 0 saturated heterocycles. The van der Waals surface area contributed by atoms with Gasteiger partial charge in [-0.2, -0.15) is 5.26 Å². The van der Waals surface area contributed by atoms with Crippen LogP contribution in [0.25, 0.3) is 43.5 Å². The van der Waals surface area contributed by atoms with Crippen molar-refractivity contribution in [2.75, 3.05) is 5.73 Å². The number of nitrogens with two attached hydrogens (primary N) is 1. The maximum Gasteiger partial charge on any atom is 0.142 e. The van der Waals surface area contributed by atoms with Crippen LogP contribution in [0.5, 0.6) is 0 Å². The number of benzene rings is 2. The van der Waals surface area contributed by atoms with Gasteiger partial charge in [0.05, 0.1) is 16.1 Å². The molecule has 3 heterocycles. The lowest BCUT2D eigenvalue weighted by Gasteiger charge is -2.11. The highest BCUT2D eigenvalue weighted by atomic mass is 32.1. The van der Waals surface area contributed by atoms with Gasteiger partial charge in [-0.1, -0.05) is 30.3 Å². The zero-order valence-corrected chi connectivity index (χ0v) is 16.7. The van der Waals surface area contributed by atoms with Gasteiger partial charge in [0, 0.05) is 33.9 Å². The Morgan fingerprint density at radius 3 is 2.62 bits per heavy atom. The topological polar surface area (TPSA) is 67.6 Å². The summed E-state index contributed by atoms with van der Waals surface area (Å²) in [5.74, 6) is 0.267. The molecule has 140 valence electrons. The highest BCUT2D eigenvalue weighted by molar-refractivity contribution is 7.13. The Morgan fingerprint density at radius 2 is 1.86 bits per heavy atom. The summed E-state index contributed by atoms with van der Waals surface area (Å²) in [5.41, 5.74) is 11.6. The van der Waals surface area contributed by atoms with E-state index in [1.165, 1.54) is 21.8 Å². The zero-order valence-electron chi connectivity index (χ0n) is 15.9. The number of hydrogen-bond acceptors (Lipinski definition) is 4. The number of nitriles is 1. The zero-order chi connectivity index (χ0) is 20.0. The fourth-order valence-corrected chi connectivity index (χ4v) is 4.73. The van der Waals surface area contributed by atoms with Gasteiger partial charge in [-0.15, -0.1) is 11.3 Å². The normalized spacial score (nSPS) is 11.2. The summed E-state index contributed by atoms with van der Waals surface area (Å²) >= 11 is 1.62. The predicted octanol–water partition coefficient (Wildman–Crippen LogP) is 6.06. The number of pyridine rings is 1. The summed E-state index contributed by atoms with van der Waals surface area (Å²) in [6.07, 6.45) is 0. The van der Waals surface area contributed by atoms with Crippen LogP contribution in [0.1, 0.15) is 12.5 Å². The smallest absolute Gasteiger partial charge is 0.142 e. The molecular formula is C24H18N4S. The average Bonchev–Trinajstić information content (AvgIpc) is 3.39. The summed E-state index contributed by atoms with van der Waals surface area (Å²) in [6, 6.07) is 23.0. The summed E-state index contributed by atoms with van der Waals surface area (Å²) in [4.78, 5) is 5.62. The first-order chi connectivity index (χ1) is 14.2. The minimum atomic E-state index is 0.267. The average molecular weight is 395 g/mol. The van der Waals surface area contributed by atoms with Crippen molar-refractivity contribution in [1.82, 2.24) is 9.55 Å². The molecule has 0 saturated carbocycles. The second kappa shape index (κ2) is 6.77. The van der Waals surface area contributed by atoms with Crippen molar-refractivity contribution in [2.24, 2.45) is 0 Å². The lowest BCUT2D eigenvalue weighted by atomic mass is 9.99. The van der Waals surface area contributed by atoms with Gasteiger partial charge in [0.25, 0.3) is 0 Å². The van der Waals surface area contributed by atoms with Crippen LogP contribution in [0.4, 0.5) is 5.82 Å². The minimum Gasteiger partial charge on any atom is -0.383 e. The monoisotopic (exact) mass is 394 g/mol. The van der Waals surface area contributed by atoms with Gasteiger partial charge < -0.3 is 10.3 Å². The highest BCUT2D eigenvalue weighted by Gasteiger charge is 2.16. The van der Waals surface area contributed by atoms with E-state index in [4.69, 9.17) is 5.73 Å². The molecule has 0 atom stereocenters. The maximum absolute atomic E-state index is 9.49. The molecule has 0 spiro atoms. The Labute approximate surface area is 172 Å². The van der Waals surface area contributed by atoms with Crippen LogP contribution in [0.2, 0.25) is 0 Å². The van der Waals surface area contributed by atoms with Crippen LogP contribution in [0.15, 0.2) is 66.0 Å². The van der Waals surface area contributed by atoms with Gasteiger partial charge in [0.2, 0.25) is 0 Å². The van der Waals surface area contributed by atoms with Crippen LogP contribution in [-0.4, -0.2) is 9.55 Å². The number of aromatic nitrogens is 2. The van der Waals surface area contributed by atoms with Crippen LogP contribution in [0.3, 0.4) is 0 Å². The molecule has 3 aromatic heterocycles. The third-order valence-corrected chi connectivity index (χ3v) is 6.20. The molecule has 5 rings (SSSR count). The second-order valence-corrected chi connectivity index (χ2v) is 7.85. The van der Waals surface area contributed by atoms with E-state index >= 15 is 0 Å². The molecule has 2 aromatic carbocycles. The molecule has 0 aliphatic heterocycles. The number of hydrogen-bond donors (Lipinski definition) is 1. The van der Waals surface area contributed by atoms with Gasteiger partial charge in [0.15, 0.2) is 0 Å². The first kappa shape index (κ1) is 17.5. The fourth-order valence-electron chi connectivity index (χ4n) is 4.00. The summed E-state index contributed by atoms with van der Waals surface area (Å²) in [6.45, 7) is 3.07. The molecule has 0 bridgehead atoms. The van der Waals surface area contributed by atoms with Gasteiger partial charge in [-0.05, 0) is 48.2 Å². The third-order valence-electron chi connectivity index (χ3n) is 5.33. The van der Waals surface area contributed by atoms with E-state index in [2.05, 4.69) is 65.0 Å². The quantitative estimate of drug-likeness (QED) is 0.404. The number of aryl methyl sites for hydroxylation is 1. The third kappa shape index (κ3) is 2.69. The van der Waals surface area contributed by atoms with Crippen molar-refractivity contribution >= 4 is 39.0 Å². The lowest BCUT2D eigenvalue weighted by Crippen LogP contribution is -1.99. The van der Waals surface area contributed by atoms with E-state index in [0.717, 1.165) is 28.2 Å². The maximum atomic E-state index is 9.49. The summed E-state index contributed by atoms with van der Waals surface area (Å²) in [5, 5.41) is 13.9. The molecule has 0 amide bonds. The minimum absolute atomic E-state index is 0.267. The van der Waals surface area contributed by atoms with Crippen molar-refractivity contribution in [3.63, 3.8) is 0 Å². The first-order valence-corrected chi connectivity index (χ1v) is 10.3. The summed E-state index contributed by atoms with van der Waals surface area (Å²) in [7, 11) is 0. The van der Waals surface area contributed by atoms with Gasteiger partial charge in [-0.3, -0.25) is 0 Å². The van der Waals surface area contributed by atoms with Gasteiger partial charge in [0.1, 0.15) is 11.9 Å². The van der Waals surface area contributed by atoms with Crippen molar-refractivity contribution in [1.29, 1.82) is 5.26 Å². The van der Waals surface area contributed by atoms with E-state index in [0.29, 0.717) is 5.56 Å². The number of thiophene rings is 1. The van der Waals surface area contributed by atoms with Crippen molar-refractivity contribution in [3.8, 4) is 27.8 Å². The van der Waals surface area contributed by atoms with Gasteiger partial charge in [-0.25, -0.2) is 4.98 Å². The Balaban J connectivity index is 1.82. The second-order valence-electron chi connectivity index (χ2n) is 6.90. The Bertz CT molecular complexity index is 1400. The number of fused-ring (bicyclic) bond motifs is 3. The molecule has 0 aliphatic rings. The first-order valence-electron chi connectivity index (χ1n) is 9.47. The molecule has 5 heteroatoms. The Morgan fingerprint density at radius 1 is 1.03 bits per heavy atom. The molecule has 2 N–H and O–H groups in total. The van der Waals surface area contributed by atoms with Crippen molar-refractivity contribution in [3.05, 3.63) is 71.6 Å². The number of rotatable bonds is 3. The standard InChI is InChI=1S/C24H18N4S/c1-2-28-20-7-4-3-6-17(20)19-12-15(9-10-21(19)28)18-13-16(14-25)24(26)27-23(18)22-8-5-11-29-22/h3-13H,2H2,1H3,(H2,26,27). The van der Waals surface area contributed by atoms with Crippen LogP contribution >= 0.6 is 11.3 Å². The van der Waals surface area contributed by atoms with E-state index in [-0.39, 0.29) is 5.82 Å². The molecule has 0 fully saturated rings. The fraction of sp³-hybridized carbons (Fsp3) is 0.0833. The van der Waals surface area contributed by atoms with Crippen LogP contribution < -0.4 is 5.73 Å². The van der Waals surface area contributed by atoms with E-state index in [9.17, 15) is 5.26 Å². The summed E-state index contributed by atoms with van der Waals surface area (Å²) < 4.78 is 2.33. The molecule has 5 aromatic rings. The molecule has 4 nitrogen and oxygen atoms in total. The largest absolute Gasteiger partial charge is 0.383 e. The lowest BCUT2D eigenvalue weighted by molar-refractivity contribution is 0.827.